The molecule has 5 nitrogen and oxygen atoms in total. The van der Waals surface area contributed by atoms with Gasteiger partial charge in [-0.05, 0) is 76.7 Å². The van der Waals surface area contributed by atoms with Crippen LogP contribution in [0, 0.1) is 38.5 Å². The molecule has 6 rings (SSSR count). The fourth-order valence-electron chi connectivity index (χ4n) is 5.85. The van der Waals surface area contributed by atoms with Crippen LogP contribution in [0.1, 0.15) is 59.5 Å². The highest BCUT2D eigenvalue weighted by Crippen LogP contribution is 2.47. The Balaban J connectivity index is 1.59. The van der Waals surface area contributed by atoms with E-state index in [1.54, 1.807) is 0 Å². The van der Waals surface area contributed by atoms with Gasteiger partial charge >= 0.3 is 0 Å². The summed E-state index contributed by atoms with van der Waals surface area (Å²) in [4.78, 5) is 20.4. The van der Waals surface area contributed by atoms with E-state index in [1.807, 2.05) is 31.4 Å². The summed E-state index contributed by atoms with van der Waals surface area (Å²) in [6.07, 6.45) is 6.43. The number of carbonyl (C=O) groups excluding carboxylic acids is 1. The Hall–Kier alpha value is -1.91. The maximum atomic E-state index is 13.6. The number of hydrogen-bond acceptors (Lipinski definition) is 3. The molecule has 25 heavy (non-hydrogen) atoms. The SMILES string of the molecule is Cc1cc(C)n2nc(C)c(C(=O)N3CC4C[C@@H]5CC3C[C@H](C4)C5)c2n1. The van der Waals surface area contributed by atoms with E-state index in [0.717, 1.165) is 41.1 Å². The maximum absolute atomic E-state index is 13.6. The molecule has 132 valence electrons. The van der Waals surface area contributed by atoms with Crippen LogP contribution in [0.5, 0.6) is 0 Å². The molecular formula is C20H26N4O. The summed E-state index contributed by atoms with van der Waals surface area (Å²) < 4.78 is 1.83. The van der Waals surface area contributed by atoms with E-state index in [1.165, 1.54) is 32.1 Å². The second-order valence-corrected chi connectivity index (χ2v) is 8.62. The third-order valence-corrected chi connectivity index (χ3v) is 6.65. The Morgan fingerprint density at radius 1 is 1.04 bits per heavy atom. The number of nitrogens with zero attached hydrogens (tertiary/aromatic N) is 4. The van der Waals surface area contributed by atoms with Crippen LogP contribution in [0.2, 0.25) is 0 Å². The van der Waals surface area contributed by atoms with E-state index in [0.29, 0.717) is 17.5 Å². The molecule has 5 heteroatoms. The first-order valence-corrected chi connectivity index (χ1v) is 9.64. The van der Waals surface area contributed by atoms with Crippen molar-refractivity contribution in [1.82, 2.24) is 19.5 Å². The highest BCUT2D eigenvalue weighted by atomic mass is 16.2. The van der Waals surface area contributed by atoms with Crippen molar-refractivity contribution in [3.05, 3.63) is 28.7 Å². The molecule has 2 aliphatic carbocycles. The van der Waals surface area contributed by atoms with Gasteiger partial charge < -0.3 is 4.90 Å². The van der Waals surface area contributed by atoms with Gasteiger partial charge in [0.05, 0.1) is 5.69 Å². The first-order chi connectivity index (χ1) is 12.0. The lowest BCUT2D eigenvalue weighted by Gasteiger charge is -2.38. The van der Waals surface area contributed by atoms with Crippen molar-refractivity contribution in [3.63, 3.8) is 0 Å². The van der Waals surface area contributed by atoms with Gasteiger partial charge in [0.25, 0.3) is 5.91 Å². The van der Waals surface area contributed by atoms with E-state index in [4.69, 9.17) is 0 Å². The van der Waals surface area contributed by atoms with Crippen molar-refractivity contribution >= 4 is 11.6 Å². The van der Waals surface area contributed by atoms with Gasteiger partial charge in [-0.1, -0.05) is 0 Å². The summed E-state index contributed by atoms with van der Waals surface area (Å²) in [6.45, 7) is 6.88. The minimum atomic E-state index is 0.156. The van der Waals surface area contributed by atoms with E-state index in [-0.39, 0.29) is 5.91 Å². The van der Waals surface area contributed by atoms with E-state index in [2.05, 4.69) is 15.0 Å². The lowest BCUT2D eigenvalue weighted by molar-refractivity contribution is 0.0633. The summed E-state index contributed by atoms with van der Waals surface area (Å²) in [5, 5.41) is 4.61. The predicted molar refractivity (Wildman–Crippen MR) is 95.6 cm³/mol. The normalized spacial score (nSPS) is 30.9. The maximum Gasteiger partial charge on any atom is 0.259 e. The van der Waals surface area contributed by atoms with Gasteiger partial charge in [0, 0.05) is 24.0 Å². The van der Waals surface area contributed by atoms with Crippen molar-refractivity contribution in [1.29, 1.82) is 0 Å². The molecule has 2 saturated carbocycles. The van der Waals surface area contributed by atoms with E-state index < -0.39 is 0 Å². The van der Waals surface area contributed by atoms with Crippen LogP contribution >= 0.6 is 0 Å². The molecule has 2 saturated heterocycles. The molecule has 0 aromatic carbocycles. The Bertz CT molecular complexity index is 856. The van der Waals surface area contributed by atoms with Crippen molar-refractivity contribution in [3.8, 4) is 0 Å². The van der Waals surface area contributed by atoms with Crippen LogP contribution in [0.3, 0.4) is 0 Å². The van der Waals surface area contributed by atoms with Gasteiger partial charge in [-0.3, -0.25) is 4.79 Å². The zero-order valence-corrected chi connectivity index (χ0v) is 15.3. The Morgan fingerprint density at radius 2 is 1.72 bits per heavy atom. The fourth-order valence-corrected chi connectivity index (χ4v) is 5.85. The van der Waals surface area contributed by atoms with Crippen LogP contribution in [0.25, 0.3) is 5.65 Å². The number of fused-ring (bicyclic) bond motifs is 2. The Labute approximate surface area is 148 Å². The molecule has 0 spiro atoms. The van der Waals surface area contributed by atoms with Crippen LogP contribution in [0.15, 0.2) is 6.07 Å². The first kappa shape index (κ1) is 15.4. The zero-order valence-electron chi connectivity index (χ0n) is 15.3. The quantitative estimate of drug-likeness (QED) is 0.801. The zero-order chi connectivity index (χ0) is 17.3. The smallest absolute Gasteiger partial charge is 0.259 e. The molecular weight excluding hydrogens is 312 g/mol. The number of hydrogen-bond donors (Lipinski definition) is 0. The van der Waals surface area contributed by atoms with Gasteiger partial charge in [0.1, 0.15) is 5.56 Å². The summed E-state index contributed by atoms with van der Waals surface area (Å²) in [7, 11) is 0. The molecule has 0 N–H and O–H groups in total. The van der Waals surface area contributed by atoms with Crippen LogP contribution < -0.4 is 0 Å². The third-order valence-electron chi connectivity index (χ3n) is 6.65. The lowest BCUT2D eigenvalue weighted by atomic mass is 9.68. The second-order valence-electron chi connectivity index (χ2n) is 8.62. The Kier molecular flexibility index (Phi) is 3.25. The molecule has 2 aromatic rings. The van der Waals surface area contributed by atoms with Gasteiger partial charge in [-0.15, -0.1) is 0 Å². The van der Waals surface area contributed by atoms with Gasteiger partial charge in [0.2, 0.25) is 0 Å². The van der Waals surface area contributed by atoms with E-state index in [9.17, 15) is 4.79 Å². The average Bonchev–Trinajstić information content (AvgIpc) is 2.74. The van der Waals surface area contributed by atoms with Crippen molar-refractivity contribution < 1.29 is 4.79 Å². The van der Waals surface area contributed by atoms with Crippen LogP contribution in [0.4, 0.5) is 0 Å². The van der Waals surface area contributed by atoms with Gasteiger partial charge in [-0.2, -0.15) is 5.10 Å². The minimum Gasteiger partial charge on any atom is -0.335 e. The first-order valence-electron chi connectivity index (χ1n) is 9.64. The molecule has 4 atom stereocenters. The Morgan fingerprint density at radius 3 is 2.44 bits per heavy atom. The topological polar surface area (TPSA) is 50.5 Å². The highest BCUT2D eigenvalue weighted by molar-refractivity contribution is 6.01. The van der Waals surface area contributed by atoms with Crippen LogP contribution in [-0.4, -0.2) is 38.0 Å². The second kappa shape index (κ2) is 5.29. The van der Waals surface area contributed by atoms with Gasteiger partial charge in [-0.25, -0.2) is 9.50 Å². The molecule has 4 fully saturated rings. The molecule has 4 bridgehead atoms. The minimum absolute atomic E-state index is 0.156. The largest absolute Gasteiger partial charge is 0.335 e. The van der Waals surface area contributed by atoms with Gasteiger partial charge in [0.15, 0.2) is 5.65 Å². The molecule has 4 aliphatic rings. The molecule has 2 aliphatic heterocycles. The molecule has 2 aromatic heterocycles. The lowest BCUT2D eigenvalue weighted by Crippen LogP contribution is -2.42. The van der Waals surface area contributed by atoms with Crippen molar-refractivity contribution in [2.45, 2.75) is 58.9 Å². The molecule has 0 radical (unpaired) electrons. The molecule has 2 unspecified atom stereocenters. The summed E-state index contributed by atoms with van der Waals surface area (Å²) in [6, 6.07) is 2.43. The van der Waals surface area contributed by atoms with Crippen LogP contribution in [-0.2, 0) is 0 Å². The summed E-state index contributed by atoms with van der Waals surface area (Å²) in [5.41, 5.74) is 4.21. The standard InChI is InChI=1S/C20H26N4O/c1-11-4-12(2)24-19(21-11)18(13(3)22-24)20(25)23-10-16-6-14-5-15(7-16)9-17(23)8-14/h4,14-17H,5-10H2,1-3H3/t14-,15+,16?,17?. The molecule has 1 amide bonds. The van der Waals surface area contributed by atoms with E-state index >= 15 is 0 Å². The summed E-state index contributed by atoms with van der Waals surface area (Å²) in [5.74, 6) is 2.53. The number of carbonyl (C=O) groups is 1. The number of rotatable bonds is 1. The fraction of sp³-hybridized carbons (Fsp3) is 0.650. The number of aromatic nitrogens is 3. The monoisotopic (exact) mass is 338 g/mol. The highest BCUT2D eigenvalue weighted by Gasteiger charge is 2.44. The predicted octanol–water partition coefficient (Wildman–Crippen LogP) is 3.31. The third kappa shape index (κ3) is 2.31. The number of aryl methyl sites for hydroxylation is 3. The summed E-state index contributed by atoms with van der Waals surface area (Å²) >= 11 is 0. The van der Waals surface area contributed by atoms with Crippen molar-refractivity contribution in [2.24, 2.45) is 17.8 Å². The molecule has 4 heterocycles. The van der Waals surface area contributed by atoms with Crippen molar-refractivity contribution in [2.75, 3.05) is 6.54 Å². The number of amides is 1. The average molecular weight is 338 g/mol.